The van der Waals surface area contributed by atoms with Gasteiger partial charge in [-0.1, -0.05) is 0 Å². The van der Waals surface area contributed by atoms with Crippen molar-refractivity contribution < 1.29 is 14.3 Å². The summed E-state index contributed by atoms with van der Waals surface area (Å²) >= 11 is 0. The number of ether oxygens (including phenoxy) is 2. The molecule has 0 fully saturated rings. The third kappa shape index (κ3) is 3.39. The van der Waals surface area contributed by atoms with Gasteiger partial charge in [0, 0.05) is 19.2 Å². The van der Waals surface area contributed by atoms with Crippen molar-refractivity contribution >= 4 is 5.91 Å². The summed E-state index contributed by atoms with van der Waals surface area (Å²) in [5, 5.41) is 8.49. The molecule has 0 bridgehead atoms. The van der Waals surface area contributed by atoms with E-state index >= 15 is 0 Å². The molecule has 0 spiro atoms. The molecule has 0 heterocycles. The maximum absolute atomic E-state index is 11.5. The lowest BCUT2D eigenvalue weighted by atomic mass is 10.1. The zero-order valence-corrected chi connectivity index (χ0v) is 10.8. The summed E-state index contributed by atoms with van der Waals surface area (Å²) in [5.41, 5.74) is 0.839. The second-order valence-corrected chi connectivity index (χ2v) is 3.76. The van der Waals surface area contributed by atoms with Crippen LogP contribution in [-0.2, 0) is 11.3 Å². The van der Waals surface area contributed by atoms with E-state index < -0.39 is 0 Å². The van der Waals surface area contributed by atoms with Crippen LogP contribution in [0.1, 0.15) is 12.0 Å². The van der Waals surface area contributed by atoms with E-state index in [1.54, 1.807) is 33.4 Å². The Balaban J connectivity index is 2.88. The first-order valence-electron chi connectivity index (χ1n) is 5.44. The summed E-state index contributed by atoms with van der Waals surface area (Å²) in [5.74, 6) is 1.17. The third-order valence-corrected chi connectivity index (χ3v) is 2.55. The Bertz CT molecular complexity index is 466. The van der Waals surface area contributed by atoms with Gasteiger partial charge >= 0.3 is 0 Å². The number of nitriles is 1. The highest BCUT2D eigenvalue weighted by Crippen LogP contribution is 2.25. The number of rotatable bonds is 5. The number of hydrogen-bond acceptors (Lipinski definition) is 4. The molecule has 96 valence electrons. The van der Waals surface area contributed by atoms with Crippen LogP contribution in [0.15, 0.2) is 18.2 Å². The molecule has 0 saturated carbocycles. The first-order chi connectivity index (χ1) is 8.62. The van der Waals surface area contributed by atoms with Crippen LogP contribution in [0, 0.1) is 11.3 Å². The van der Waals surface area contributed by atoms with Crippen molar-refractivity contribution in [2.24, 2.45) is 0 Å². The van der Waals surface area contributed by atoms with Crippen LogP contribution in [0.2, 0.25) is 0 Å². The monoisotopic (exact) mass is 248 g/mol. The Hall–Kier alpha value is -2.22. The fraction of sp³-hybridized carbons (Fsp3) is 0.385. The molecule has 0 atom stereocenters. The number of carbonyl (C=O) groups is 1. The number of carbonyl (C=O) groups excluding carboxylic acids is 1. The Labute approximate surface area is 107 Å². The molecule has 0 aliphatic rings. The van der Waals surface area contributed by atoms with Crippen molar-refractivity contribution in [1.29, 1.82) is 5.26 Å². The highest BCUT2D eigenvalue weighted by molar-refractivity contribution is 5.78. The van der Waals surface area contributed by atoms with Crippen LogP contribution in [0.4, 0.5) is 0 Å². The maximum Gasteiger partial charge on any atom is 0.236 e. The summed E-state index contributed by atoms with van der Waals surface area (Å²) in [6.45, 7) is 0.376. The van der Waals surface area contributed by atoms with Gasteiger partial charge in [-0.15, -0.1) is 0 Å². The quantitative estimate of drug-likeness (QED) is 0.793. The van der Waals surface area contributed by atoms with E-state index in [2.05, 4.69) is 0 Å². The van der Waals surface area contributed by atoms with Crippen LogP contribution in [0.5, 0.6) is 11.5 Å². The molecule has 0 aliphatic carbocycles. The fourth-order valence-corrected chi connectivity index (χ4v) is 1.55. The molecule has 0 radical (unpaired) electrons. The summed E-state index contributed by atoms with van der Waals surface area (Å²) < 4.78 is 10.4. The van der Waals surface area contributed by atoms with Crippen molar-refractivity contribution in [1.82, 2.24) is 4.90 Å². The first-order valence-corrected chi connectivity index (χ1v) is 5.44. The predicted octanol–water partition coefficient (Wildman–Crippen LogP) is 1.58. The SMILES string of the molecule is COc1ccc(OC)c(CN(C)C(=O)CC#N)c1. The topological polar surface area (TPSA) is 62.6 Å². The van der Waals surface area contributed by atoms with Gasteiger partial charge in [-0.05, 0) is 18.2 Å². The van der Waals surface area contributed by atoms with E-state index in [0.29, 0.717) is 18.0 Å². The number of nitrogens with zero attached hydrogens (tertiary/aromatic N) is 2. The number of amides is 1. The van der Waals surface area contributed by atoms with Gasteiger partial charge in [0.05, 0.1) is 20.3 Å². The molecule has 5 heteroatoms. The highest BCUT2D eigenvalue weighted by atomic mass is 16.5. The van der Waals surface area contributed by atoms with Gasteiger partial charge in [-0.25, -0.2) is 0 Å². The number of benzene rings is 1. The van der Waals surface area contributed by atoms with Crippen molar-refractivity contribution in [3.63, 3.8) is 0 Å². The average Bonchev–Trinajstić information content (AvgIpc) is 2.38. The van der Waals surface area contributed by atoms with E-state index in [0.717, 1.165) is 5.56 Å². The molecule has 0 unspecified atom stereocenters. The predicted molar refractivity (Wildman–Crippen MR) is 66.3 cm³/mol. The molecule has 0 saturated heterocycles. The van der Waals surface area contributed by atoms with Crippen LogP contribution < -0.4 is 9.47 Å². The van der Waals surface area contributed by atoms with Crippen LogP contribution in [0.3, 0.4) is 0 Å². The van der Waals surface area contributed by atoms with Crippen LogP contribution in [0.25, 0.3) is 0 Å². The van der Waals surface area contributed by atoms with Gasteiger partial charge < -0.3 is 14.4 Å². The molecule has 1 aromatic carbocycles. The van der Waals surface area contributed by atoms with Gasteiger partial charge in [0.15, 0.2) is 0 Å². The average molecular weight is 248 g/mol. The van der Waals surface area contributed by atoms with Crippen molar-refractivity contribution in [3.8, 4) is 17.6 Å². The molecular formula is C13H16N2O3. The van der Waals surface area contributed by atoms with Crippen molar-refractivity contribution in [3.05, 3.63) is 23.8 Å². The highest BCUT2D eigenvalue weighted by Gasteiger charge is 2.12. The minimum absolute atomic E-state index is 0.122. The van der Waals surface area contributed by atoms with Gasteiger partial charge in [-0.2, -0.15) is 5.26 Å². The van der Waals surface area contributed by atoms with Crippen LogP contribution in [-0.4, -0.2) is 32.1 Å². The normalized spacial score (nSPS) is 9.44. The second-order valence-electron chi connectivity index (χ2n) is 3.76. The lowest BCUT2D eigenvalue weighted by molar-refractivity contribution is -0.129. The zero-order chi connectivity index (χ0) is 13.5. The standard InChI is InChI=1S/C13H16N2O3/c1-15(13(16)6-7-14)9-10-8-11(17-2)4-5-12(10)18-3/h4-5,8H,6,9H2,1-3H3. The fourth-order valence-electron chi connectivity index (χ4n) is 1.55. The zero-order valence-electron chi connectivity index (χ0n) is 10.8. The second kappa shape index (κ2) is 6.50. The summed E-state index contributed by atoms with van der Waals surface area (Å²) in [4.78, 5) is 13.0. The Kier molecular flexibility index (Phi) is 5.00. The third-order valence-electron chi connectivity index (χ3n) is 2.55. The van der Waals surface area contributed by atoms with Gasteiger partial charge in [0.25, 0.3) is 0 Å². The van der Waals surface area contributed by atoms with Gasteiger partial charge in [-0.3, -0.25) is 4.79 Å². The molecule has 5 nitrogen and oxygen atoms in total. The largest absolute Gasteiger partial charge is 0.497 e. The minimum Gasteiger partial charge on any atom is -0.497 e. The van der Waals surface area contributed by atoms with Crippen molar-refractivity contribution in [2.75, 3.05) is 21.3 Å². The van der Waals surface area contributed by atoms with E-state index in [9.17, 15) is 4.79 Å². The molecule has 1 rings (SSSR count). The van der Waals surface area contributed by atoms with Crippen molar-refractivity contribution in [2.45, 2.75) is 13.0 Å². The van der Waals surface area contributed by atoms with Crippen LogP contribution >= 0.6 is 0 Å². The van der Waals surface area contributed by atoms with Gasteiger partial charge in [0.2, 0.25) is 5.91 Å². The maximum atomic E-state index is 11.5. The molecule has 1 amide bonds. The molecule has 18 heavy (non-hydrogen) atoms. The molecular weight excluding hydrogens is 232 g/mol. The molecule has 1 aromatic rings. The van der Waals surface area contributed by atoms with E-state index in [4.69, 9.17) is 14.7 Å². The Morgan fingerprint density at radius 1 is 1.39 bits per heavy atom. The Morgan fingerprint density at radius 3 is 2.67 bits per heavy atom. The van der Waals surface area contributed by atoms with E-state index in [1.165, 1.54) is 4.90 Å². The number of hydrogen-bond donors (Lipinski definition) is 0. The summed E-state index contributed by atoms with van der Waals surface area (Å²) in [6, 6.07) is 7.23. The van der Waals surface area contributed by atoms with E-state index in [1.807, 2.05) is 12.1 Å². The minimum atomic E-state index is -0.220. The first kappa shape index (κ1) is 13.8. The lowest BCUT2D eigenvalue weighted by Crippen LogP contribution is -2.25. The summed E-state index contributed by atoms with van der Waals surface area (Å²) in [6.07, 6.45) is -0.122. The Morgan fingerprint density at radius 2 is 2.11 bits per heavy atom. The van der Waals surface area contributed by atoms with Gasteiger partial charge in [0.1, 0.15) is 17.9 Å². The smallest absolute Gasteiger partial charge is 0.236 e. The lowest BCUT2D eigenvalue weighted by Gasteiger charge is -2.18. The number of methoxy groups -OCH3 is 2. The molecule has 0 aliphatic heterocycles. The summed E-state index contributed by atoms with van der Waals surface area (Å²) in [7, 11) is 4.80. The molecule has 0 N–H and O–H groups in total. The molecule has 0 aromatic heterocycles. The van der Waals surface area contributed by atoms with E-state index in [-0.39, 0.29) is 12.3 Å².